The van der Waals surface area contributed by atoms with Crippen LogP contribution < -0.4 is 18.9 Å². The predicted molar refractivity (Wildman–Crippen MR) is 120 cm³/mol. The van der Waals surface area contributed by atoms with Gasteiger partial charge in [0.25, 0.3) is 0 Å². The molecule has 0 unspecified atom stereocenters. The smallest absolute Gasteiger partial charge is 0.200 e. The van der Waals surface area contributed by atoms with Crippen molar-refractivity contribution in [2.75, 3.05) is 27.4 Å². The summed E-state index contributed by atoms with van der Waals surface area (Å²) in [5, 5.41) is 0. The molecule has 0 amide bonds. The van der Waals surface area contributed by atoms with Crippen LogP contribution in [0.25, 0.3) is 6.08 Å². The normalized spacial score (nSPS) is 13.8. The standard InChI is InChI=1S/C26H22O6/c1-29-20-9-5-18(6-10-20)24(27)16-31-21-7-3-17(4-8-21)13-19-15-32-25-12-11-22(30-2)14-23(25)26(19)28/h3-14H,15-16H2,1-2H3/b19-13+. The molecule has 162 valence electrons. The van der Waals surface area contributed by atoms with Crippen molar-refractivity contribution in [1.82, 2.24) is 0 Å². The molecule has 0 aromatic heterocycles. The van der Waals surface area contributed by atoms with Crippen molar-refractivity contribution in [3.63, 3.8) is 0 Å². The van der Waals surface area contributed by atoms with Crippen LogP contribution >= 0.6 is 0 Å². The largest absolute Gasteiger partial charge is 0.497 e. The summed E-state index contributed by atoms with van der Waals surface area (Å²) in [5.41, 5.74) is 2.42. The SMILES string of the molecule is COc1ccc(C(=O)COc2ccc(/C=C3\COc4ccc(OC)cc4C3=O)cc2)cc1. The molecule has 4 rings (SSSR count). The molecule has 0 fully saturated rings. The van der Waals surface area contributed by atoms with E-state index >= 15 is 0 Å². The Labute approximate surface area is 186 Å². The summed E-state index contributed by atoms with van der Waals surface area (Å²) in [6.45, 7) is 0.129. The fourth-order valence-electron chi connectivity index (χ4n) is 3.31. The number of carbonyl (C=O) groups is 2. The Balaban J connectivity index is 1.40. The van der Waals surface area contributed by atoms with Crippen molar-refractivity contribution in [3.05, 3.63) is 89.0 Å². The van der Waals surface area contributed by atoms with E-state index in [2.05, 4.69) is 0 Å². The summed E-state index contributed by atoms with van der Waals surface area (Å²) in [6.07, 6.45) is 1.79. The summed E-state index contributed by atoms with van der Waals surface area (Å²) < 4.78 is 21.6. The number of hydrogen-bond donors (Lipinski definition) is 0. The molecule has 0 N–H and O–H groups in total. The van der Waals surface area contributed by atoms with Crippen LogP contribution in [-0.4, -0.2) is 39.0 Å². The van der Waals surface area contributed by atoms with E-state index in [1.807, 2.05) is 12.1 Å². The zero-order chi connectivity index (χ0) is 22.5. The van der Waals surface area contributed by atoms with E-state index in [0.29, 0.717) is 39.7 Å². The molecule has 0 atom stereocenters. The Kier molecular flexibility index (Phi) is 6.22. The monoisotopic (exact) mass is 430 g/mol. The molecule has 0 aliphatic carbocycles. The van der Waals surface area contributed by atoms with Gasteiger partial charge in [-0.2, -0.15) is 0 Å². The molecule has 32 heavy (non-hydrogen) atoms. The lowest BCUT2D eigenvalue weighted by Gasteiger charge is -2.19. The highest BCUT2D eigenvalue weighted by molar-refractivity contribution is 6.14. The molecule has 1 aliphatic heterocycles. The number of Topliss-reactive ketones (excluding diaryl/α,β-unsaturated/α-hetero) is 2. The van der Waals surface area contributed by atoms with Gasteiger partial charge in [-0.15, -0.1) is 0 Å². The third-order valence-electron chi connectivity index (χ3n) is 5.11. The molecule has 6 nitrogen and oxygen atoms in total. The van der Waals surface area contributed by atoms with Gasteiger partial charge in [-0.25, -0.2) is 0 Å². The van der Waals surface area contributed by atoms with Crippen molar-refractivity contribution in [3.8, 4) is 23.0 Å². The summed E-state index contributed by atoms with van der Waals surface area (Å²) in [7, 11) is 3.13. The summed E-state index contributed by atoms with van der Waals surface area (Å²) in [4.78, 5) is 25.1. The van der Waals surface area contributed by atoms with Gasteiger partial charge in [0.1, 0.15) is 29.6 Å². The summed E-state index contributed by atoms with van der Waals surface area (Å²) in [5.74, 6) is 2.20. The van der Waals surface area contributed by atoms with Crippen LogP contribution in [0.1, 0.15) is 26.3 Å². The van der Waals surface area contributed by atoms with Crippen molar-refractivity contribution in [2.45, 2.75) is 0 Å². The van der Waals surface area contributed by atoms with Crippen LogP contribution in [0, 0.1) is 0 Å². The third-order valence-corrected chi connectivity index (χ3v) is 5.11. The Morgan fingerprint density at radius 3 is 2.25 bits per heavy atom. The maximum Gasteiger partial charge on any atom is 0.200 e. The third kappa shape index (κ3) is 4.64. The maximum absolute atomic E-state index is 12.8. The Bertz CT molecular complexity index is 1160. The zero-order valence-corrected chi connectivity index (χ0v) is 17.8. The Hall–Kier alpha value is -4.06. The average molecular weight is 430 g/mol. The lowest BCUT2D eigenvalue weighted by Crippen LogP contribution is -2.19. The van der Waals surface area contributed by atoms with Gasteiger partial charge in [0, 0.05) is 11.1 Å². The maximum atomic E-state index is 12.8. The molecule has 1 heterocycles. The van der Waals surface area contributed by atoms with E-state index in [9.17, 15) is 9.59 Å². The molecule has 0 saturated heterocycles. The predicted octanol–water partition coefficient (Wildman–Crippen LogP) is 4.62. The lowest BCUT2D eigenvalue weighted by molar-refractivity contribution is 0.0921. The fourth-order valence-corrected chi connectivity index (χ4v) is 3.31. The van der Waals surface area contributed by atoms with Gasteiger partial charge in [-0.1, -0.05) is 12.1 Å². The van der Waals surface area contributed by atoms with Gasteiger partial charge >= 0.3 is 0 Å². The van der Waals surface area contributed by atoms with Crippen molar-refractivity contribution in [2.24, 2.45) is 0 Å². The Morgan fingerprint density at radius 2 is 1.56 bits per heavy atom. The van der Waals surface area contributed by atoms with Crippen LogP contribution in [0.5, 0.6) is 23.0 Å². The number of methoxy groups -OCH3 is 2. The molecule has 3 aromatic carbocycles. The van der Waals surface area contributed by atoms with Crippen LogP contribution in [0.4, 0.5) is 0 Å². The van der Waals surface area contributed by atoms with E-state index in [-0.39, 0.29) is 24.8 Å². The fraction of sp³-hybridized carbons (Fsp3) is 0.154. The van der Waals surface area contributed by atoms with Crippen LogP contribution in [0.3, 0.4) is 0 Å². The molecule has 0 saturated carbocycles. The van der Waals surface area contributed by atoms with Gasteiger partial charge in [0.05, 0.1) is 19.8 Å². The first-order valence-electron chi connectivity index (χ1n) is 10.0. The second kappa shape index (κ2) is 9.39. The first-order chi connectivity index (χ1) is 15.6. The Morgan fingerprint density at radius 1 is 0.906 bits per heavy atom. The minimum absolute atomic E-state index is 0.0717. The quantitative estimate of drug-likeness (QED) is 0.402. The molecular weight excluding hydrogens is 408 g/mol. The topological polar surface area (TPSA) is 71.1 Å². The van der Waals surface area contributed by atoms with E-state index in [1.165, 1.54) is 0 Å². The molecule has 3 aromatic rings. The van der Waals surface area contributed by atoms with Crippen LogP contribution in [-0.2, 0) is 0 Å². The number of ketones is 2. The molecule has 1 aliphatic rings. The number of benzene rings is 3. The van der Waals surface area contributed by atoms with Gasteiger partial charge < -0.3 is 18.9 Å². The average Bonchev–Trinajstić information content (AvgIpc) is 2.85. The molecule has 0 radical (unpaired) electrons. The van der Waals surface area contributed by atoms with E-state index < -0.39 is 0 Å². The second-order valence-corrected chi connectivity index (χ2v) is 7.16. The number of hydrogen-bond acceptors (Lipinski definition) is 6. The summed E-state index contributed by atoms with van der Waals surface area (Å²) >= 11 is 0. The molecular formula is C26H22O6. The first-order valence-corrected chi connectivity index (χ1v) is 10.0. The van der Waals surface area contributed by atoms with Crippen LogP contribution in [0.15, 0.2) is 72.3 Å². The summed E-state index contributed by atoms with van der Waals surface area (Å²) in [6, 6.07) is 19.2. The minimum Gasteiger partial charge on any atom is -0.497 e. The number of ether oxygens (including phenoxy) is 4. The molecule has 0 bridgehead atoms. The van der Waals surface area contributed by atoms with E-state index in [4.69, 9.17) is 18.9 Å². The second-order valence-electron chi connectivity index (χ2n) is 7.16. The number of rotatable bonds is 7. The van der Waals surface area contributed by atoms with Crippen molar-refractivity contribution in [1.29, 1.82) is 0 Å². The highest BCUT2D eigenvalue weighted by atomic mass is 16.5. The molecule has 6 heteroatoms. The van der Waals surface area contributed by atoms with Crippen molar-refractivity contribution < 1.29 is 28.5 Å². The minimum atomic E-state index is -0.127. The first kappa shape index (κ1) is 21.2. The highest BCUT2D eigenvalue weighted by Crippen LogP contribution is 2.31. The van der Waals surface area contributed by atoms with Crippen molar-refractivity contribution >= 4 is 17.6 Å². The van der Waals surface area contributed by atoms with Crippen LogP contribution in [0.2, 0.25) is 0 Å². The zero-order valence-electron chi connectivity index (χ0n) is 17.8. The lowest BCUT2D eigenvalue weighted by atomic mass is 9.98. The van der Waals surface area contributed by atoms with E-state index in [0.717, 1.165) is 5.56 Å². The van der Waals surface area contributed by atoms with E-state index in [1.54, 1.807) is 74.9 Å². The van der Waals surface area contributed by atoms with Gasteiger partial charge in [0.2, 0.25) is 0 Å². The molecule has 0 spiro atoms. The number of carbonyl (C=O) groups excluding carboxylic acids is 2. The highest BCUT2D eigenvalue weighted by Gasteiger charge is 2.24. The van der Waals surface area contributed by atoms with Gasteiger partial charge in [-0.05, 0) is 66.2 Å². The van der Waals surface area contributed by atoms with Gasteiger partial charge in [0.15, 0.2) is 18.2 Å². The number of fused-ring (bicyclic) bond motifs is 1. The van der Waals surface area contributed by atoms with Gasteiger partial charge in [-0.3, -0.25) is 9.59 Å².